The minimum absolute atomic E-state index is 0.0149. The van der Waals surface area contributed by atoms with E-state index in [2.05, 4.69) is 4.98 Å². The van der Waals surface area contributed by atoms with Gasteiger partial charge in [0.1, 0.15) is 0 Å². The van der Waals surface area contributed by atoms with Crippen LogP contribution in [-0.2, 0) is 19.4 Å². The number of fused-ring (bicyclic) bond motifs is 1. The summed E-state index contributed by atoms with van der Waals surface area (Å²) in [5, 5.41) is 0.967. The predicted octanol–water partition coefficient (Wildman–Crippen LogP) is 1.73. The summed E-state index contributed by atoms with van der Waals surface area (Å²) in [6.45, 7) is 4.49. The van der Waals surface area contributed by atoms with Gasteiger partial charge in [-0.1, -0.05) is 23.9 Å². The van der Waals surface area contributed by atoms with Crippen molar-refractivity contribution in [2.24, 2.45) is 0 Å². The summed E-state index contributed by atoms with van der Waals surface area (Å²) < 4.78 is 30.4. The van der Waals surface area contributed by atoms with Gasteiger partial charge in [-0.3, -0.25) is 14.2 Å². The van der Waals surface area contributed by atoms with Crippen LogP contribution in [0.1, 0.15) is 26.3 Å². The van der Waals surface area contributed by atoms with E-state index < -0.39 is 9.84 Å². The summed E-state index contributed by atoms with van der Waals surface area (Å²) in [4.78, 5) is 32.2. The Morgan fingerprint density at radius 3 is 2.77 bits per heavy atom. The van der Waals surface area contributed by atoms with Gasteiger partial charge in [-0.05, 0) is 32.4 Å². The maximum Gasteiger partial charge on any atom is 0.262 e. The number of rotatable bonds is 8. The number of methoxy groups -OCH3 is 1. The highest BCUT2D eigenvalue weighted by atomic mass is 32.2. The van der Waals surface area contributed by atoms with Gasteiger partial charge in [-0.15, -0.1) is 0 Å². The fraction of sp³-hybridized carbons (Fsp3) is 0.550. The molecule has 0 radical (unpaired) electrons. The smallest absolute Gasteiger partial charge is 0.262 e. The zero-order chi connectivity index (χ0) is 21.9. The third kappa shape index (κ3) is 4.87. The molecule has 2 heterocycles. The molecule has 164 valence electrons. The third-order valence-electron chi connectivity index (χ3n) is 5.26. The molecule has 8 nitrogen and oxygen atoms in total. The van der Waals surface area contributed by atoms with Crippen LogP contribution in [-0.4, -0.2) is 72.3 Å². The maximum atomic E-state index is 13.1. The number of aromatic nitrogens is 2. The fourth-order valence-electron chi connectivity index (χ4n) is 3.80. The van der Waals surface area contributed by atoms with Gasteiger partial charge < -0.3 is 9.64 Å². The molecule has 1 aliphatic rings. The predicted molar refractivity (Wildman–Crippen MR) is 118 cm³/mol. The Morgan fingerprint density at radius 2 is 2.13 bits per heavy atom. The van der Waals surface area contributed by atoms with Crippen molar-refractivity contribution in [3.63, 3.8) is 0 Å². The number of carbonyl (C=O) groups is 1. The highest BCUT2D eigenvalue weighted by Crippen LogP contribution is 2.23. The lowest BCUT2D eigenvalue weighted by Crippen LogP contribution is -2.42. The number of ether oxygens (including phenoxy) is 1. The van der Waals surface area contributed by atoms with E-state index in [0.29, 0.717) is 35.6 Å². The van der Waals surface area contributed by atoms with E-state index >= 15 is 0 Å². The van der Waals surface area contributed by atoms with Gasteiger partial charge in [0, 0.05) is 19.7 Å². The molecule has 1 aromatic carbocycles. The first-order chi connectivity index (χ1) is 14.3. The average Bonchev–Trinajstić information content (AvgIpc) is 3.06. The number of benzene rings is 1. The van der Waals surface area contributed by atoms with E-state index in [1.807, 2.05) is 19.9 Å². The fourth-order valence-corrected chi connectivity index (χ4v) is 6.51. The number of amides is 1. The topological polar surface area (TPSA) is 98.6 Å². The van der Waals surface area contributed by atoms with Gasteiger partial charge in [0.2, 0.25) is 5.91 Å². The molecule has 1 aliphatic heterocycles. The van der Waals surface area contributed by atoms with Crippen LogP contribution in [0.25, 0.3) is 10.9 Å². The summed E-state index contributed by atoms with van der Waals surface area (Å²) in [5.41, 5.74) is 0.405. The molecular weight excluding hydrogens is 426 g/mol. The van der Waals surface area contributed by atoms with E-state index in [4.69, 9.17) is 4.74 Å². The molecule has 1 aromatic heterocycles. The molecule has 2 aromatic rings. The van der Waals surface area contributed by atoms with E-state index in [9.17, 15) is 18.0 Å². The van der Waals surface area contributed by atoms with Crippen LogP contribution in [0.3, 0.4) is 0 Å². The molecule has 1 saturated heterocycles. The van der Waals surface area contributed by atoms with Crippen molar-refractivity contribution in [2.75, 3.05) is 37.5 Å². The van der Waals surface area contributed by atoms with Crippen LogP contribution < -0.4 is 5.56 Å². The molecule has 1 fully saturated rings. The maximum absolute atomic E-state index is 13.1. The monoisotopic (exact) mass is 453 g/mol. The minimum Gasteiger partial charge on any atom is -0.383 e. The van der Waals surface area contributed by atoms with Crippen LogP contribution in [0.4, 0.5) is 0 Å². The van der Waals surface area contributed by atoms with Crippen LogP contribution in [0.5, 0.6) is 0 Å². The van der Waals surface area contributed by atoms with E-state index in [0.717, 1.165) is 0 Å². The Labute approximate surface area is 180 Å². The molecular formula is C20H27N3O5S2. The summed E-state index contributed by atoms with van der Waals surface area (Å²) >= 11 is 1.20. The number of nitrogens with zero attached hydrogens (tertiary/aromatic N) is 3. The molecule has 10 heteroatoms. The van der Waals surface area contributed by atoms with Gasteiger partial charge in [0.05, 0.1) is 40.8 Å². The third-order valence-corrected chi connectivity index (χ3v) is 7.95. The highest BCUT2D eigenvalue weighted by molar-refractivity contribution is 7.99. The van der Waals surface area contributed by atoms with Crippen LogP contribution in [0.2, 0.25) is 0 Å². The minimum atomic E-state index is -3.08. The average molecular weight is 454 g/mol. The van der Waals surface area contributed by atoms with Crippen LogP contribution in [0.15, 0.2) is 34.2 Å². The van der Waals surface area contributed by atoms with Crippen molar-refractivity contribution in [1.29, 1.82) is 0 Å². The molecule has 30 heavy (non-hydrogen) atoms. The Morgan fingerprint density at radius 1 is 1.40 bits per heavy atom. The van der Waals surface area contributed by atoms with Crippen molar-refractivity contribution in [3.05, 3.63) is 34.6 Å². The van der Waals surface area contributed by atoms with E-state index in [1.165, 1.54) is 11.8 Å². The molecule has 2 unspecified atom stereocenters. The quantitative estimate of drug-likeness (QED) is 0.443. The van der Waals surface area contributed by atoms with Crippen molar-refractivity contribution < 1.29 is 17.9 Å². The van der Waals surface area contributed by atoms with Gasteiger partial charge in [-0.25, -0.2) is 13.4 Å². The van der Waals surface area contributed by atoms with Gasteiger partial charge in [-0.2, -0.15) is 0 Å². The number of thioether (sulfide) groups is 1. The molecule has 0 saturated carbocycles. The second-order valence-electron chi connectivity index (χ2n) is 7.42. The number of sulfone groups is 1. The number of hydrogen-bond acceptors (Lipinski definition) is 7. The zero-order valence-electron chi connectivity index (χ0n) is 17.4. The highest BCUT2D eigenvalue weighted by Gasteiger charge is 2.34. The van der Waals surface area contributed by atoms with Crippen molar-refractivity contribution in [2.45, 2.75) is 37.5 Å². The Kier molecular flexibility index (Phi) is 7.20. The summed E-state index contributed by atoms with van der Waals surface area (Å²) in [6.07, 6.45) is 0.469. The first kappa shape index (κ1) is 22.8. The lowest BCUT2D eigenvalue weighted by atomic mass is 10.2. The van der Waals surface area contributed by atoms with Crippen molar-refractivity contribution in [3.8, 4) is 0 Å². The molecule has 0 spiro atoms. The van der Waals surface area contributed by atoms with Gasteiger partial charge in [0.25, 0.3) is 5.56 Å². The molecule has 0 aliphatic carbocycles. The molecule has 0 bridgehead atoms. The summed E-state index contributed by atoms with van der Waals surface area (Å²) in [7, 11) is -1.51. The first-order valence-electron chi connectivity index (χ1n) is 9.90. The molecule has 0 N–H and O–H groups in total. The Bertz CT molecular complexity index is 1080. The first-order valence-corrected chi connectivity index (χ1v) is 12.7. The second-order valence-corrected chi connectivity index (χ2v) is 10.6. The van der Waals surface area contributed by atoms with Crippen LogP contribution >= 0.6 is 11.8 Å². The molecule has 3 rings (SSSR count). The summed E-state index contributed by atoms with van der Waals surface area (Å²) in [5.74, 6) is 0.0584. The normalized spacial score (nSPS) is 19.1. The van der Waals surface area contributed by atoms with Crippen LogP contribution in [0, 0.1) is 0 Å². The number of carbonyl (C=O) groups excluding carboxylic acids is 1. The lowest BCUT2D eigenvalue weighted by molar-refractivity contribution is -0.129. The largest absolute Gasteiger partial charge is 0.383 e. The molecule has 1 amide bonds. The Balaban J connectivity index is 1.86. The van der Waals surface area contributed by atoms with Gasteiger partial charge in [0.15, 0.2) is 15.0 Å². The van der Waals surface area contributed by atoms with Crippen molar-refractivity contribution in [1.82, 2.24) is 14.5 Å². The number of hydrogen-bond donors (Lipinski definition) is 0. The van der Waals surface area contributed by atoms with E-state index in [1.54, 1.807) is 34.8 Å². The van der Waals surface area contributed by atoms with Gasteiger partial charge >= 0.3 is 0 Å². The SMILES string of the molecule is CCN(C(=O)CSc1nc2ccccc2c(=O)n1C(C)COC)C1CCS(=O)(=O)C1. The summed E-state index contributed by atoms with van der Waals surface area (Å²) in [6, 6.07) is 6.58. The second kappa shape index (κ2) is 9.49. The van der Waals surface area contributed by atoms with Crippen molar-refractivity contribution >= 4 is 38.4 Å². The standard InChI is InChI=1S/C20H27N3O5S2/c1-4-22(15-9-10-30(26,27)13-15)18(24)12-29-20-21-17-8-6-5-7-16(17)19(25)23(20)14(2)11-28-3/h5-8,14-15H,4,9-13H2,1-3H3. The van der Waals surface area contributed by atoms with E-state index in [-0.39, 0.29) is 40.8 Å². The zero-order valence-corrected chi connectivity index (χ0v) is 19.0. The Hall–Kier alpha value is -1.91. The number of para-hydroxylation sites is 1. The lowest BCUT2D eigenvalue weighted by Gasteiger charge is -2.27. The molecule has 2 atom stereocenters.